The van der Waals surface area contributed by atoms with E-state index in [1.165, 1.54) is 0 Å². The molecule has 1 amide bonds. The molecule has 0 fully saturated rings. The molecule has 0 bridgehead atoms. The average Bonchev–Trinajstić information content (AvgIpc) is 2.00. The Bertz CT molecular complexity index is 231. The topological polar surface area (TPSA) is 66.4 Å². The molecule has 0 aromatic carbocycles. The van der Waals surface area contributed by atoms with Crippen LogP contribution < -0.4 is 5.32 Å². The highest BCUT2D eigenvalue weighted by Crippen LogP contribution is 2.06. The molecule has 0 radical (unpaired) electrons. The third-order valence-corrected chi connectivity index (χ3v) is 1.72. The fraction of sp³-hybridized carbons (Fsp3) is 0.556. The largest absolute Gasteiger partial charge is 0.478 e. The number of carboxylic acid groups (broad SMARTS) is 1. The van der Waals surface area contributed by atoms with Gasteiger partial charge in [0, 0.05) is 17.7 Å². The van der Waals surface area contributed by atoms with Crippen molar-refractivity contribution in [3.05, 3.63) is 12.2 Å². The van der Waals surface area contributed by atoms with Crippen LogP contribution in [0.3, 0.4) is 0 Å². The van der Waals surface area contributed by atoms with Gasteiger partial charge in [0.1, 0.15) is 0 Å². The van der Waals surface area contributed by atoms with Crippen molar-refractivity contribution >= 4 is 11.9 Å². The van der Waals surface area contributed by atoms with Gasteiger partial charge in [-0.3, -0.25) is 4.79 Å². The van der Waals surface area contributed by atoms with Crippen LogP contribution in [0.5, 0.6) is 0 Å². The van der Waals surface area contributed by atoms with Gasteiger partial charge in [0.25, 0.3) is 0 Å². The van der Waals surface area contributed by atoms with Crippen molar-refractivity contribution in [2.75, 3.05) is 0 Å². The number of amides is 1. The summed E-state index contributed by atoms with van der Waals surface area (Å²) >= 11 is 0. The number of hydrogen-bond donors (Lipinski definition) is 2. The van der Waals surface area contributed by atoms with Gasteiger partial charge in [0.2, 0.25) is 5.91 Å². The predicted molar refractivity (Wildman–Crippen MR) is 49.3 cm³/mol. The molecular weight excluding hydrogens is 170 g/mol. The molecule has 0 saturated heterocycles. The summed E-state index contributed by atoms with van der Waals surface area (Å²) in [4.78, 5) is 21.1. The predicted octanol–water partition coefficient (Wildman–Crippen LogP) is 0.932. The summed E-state index contributed by atoms with van der Waals surface area (Å²) in [5, 5.41) is 10.9. The Morgan fingerprint density at radius 1 is 1.38 bits per heavy atom. The van der Waals surface area contributed by atoms with Gasteiger partial charge in [-0.15, -0.1) is 0 Å². The van der Waals surface area contributed by atoms with Crippen LogP contribution in [0.4, 0.5) is 0 Å². The van der Waals surface area contributed by atoms with Crippen molar-refractivity contribution in [2.24, 2.45) is 0 Å². The standard InChI is InChI=1S/C9H15NO3/c1-4-9(2,3)10-7(11)5-6-8(12)13/h5-6H,4H2,1-3H3,(H,10,11)(H,12,13)/b6-5+. The number of nitrogens with one attached hydrogen (secondary N) is 1. The average molecular weight is 185 g/mol. The quantitative estimate of drug-likeness (QED) is 0.640. The van der Waals surface area contributed by atoms with Crippen LogP contribution >= 0.6 is 0 Å². The van der Waals surface area contributed by atoms with Crippen LogP contribution in [0.1, 0.15) is 27.2 Å². The summed E-state index contributed by atoms with van der Waals surface area (Å²) < 4.78 is 0. The van der Waals surface area contributed by atoms with Crippen molar-refractivity contribution in [1.82, 2.24) is 5.32 Å². The molecule has 0 aliphatic rings. The minimum atomic E-state index is -1.12. The van der Waals surface area contributed by atoms with Gasteiger partial charge in [-0.2, -0.15) is 0 Å². The third kappa shape index (κ3) is 5.90. The van der Waals surface area contributed by atoms with Gasteiger partial charge in [-0.1, -0.05) is 6.92 Å². The Hall–Kier alpha value is -1.32. The zero-order chi connectivity index (χ0) is 10.5. The van der Waals surface area contributed by atoms with E-state index in [4.69, 9.17) is 5.11 Å². The minimum absolute atomic E-state index is 0.292. The normalized spacial score (nSPS) is 11.6. The third-order valence-electron chi connectivity index (χ3n) is 1.72. The lowest BCUT2D eigenvalue weighted by molar-refractivity contribution is -0.131. The van der Waals surface area contributed by atoms with E-state index >= 15 is 0 Å². The monoisotopic (exact) mass is 185 g/mol. The second-order valence-corrected chi connectivity index (χ2v) is 3.40. The molecule has 0 aromatic rings. The fourth-order valence-electron chi connectivity index (χ4n) is 0.611. The van der Waals surface area contributed by atoms with Crippen LogP contribution in [0.2, 0.25) is 0 Å². The Morgan fingerprint density at radius 2 is 1.92 bits per heavy atom. The van der Waals surface area contributed by atoms with Gasteiger partial charge in [0.15, 0.2) is 0 Å². The van der Waals surface area contributed by atoms with E-state index in [-0.39, 0.29) is 11.4 Å². The van der Waals surface area contributed by atoms with Crippen molar-refractivity contribution in [3.63, 3.8) is 0 Å². The maximum absolute atomic E-state index is 11.1. The molecule has 74 valence electrons. The molecule has 0 aliphatic carbocycles. The number of carbonyl (C=O) groups is 2. The highest BCUT2D eigenvalue weighted by atomic mass is 16.4. The summed E-state index contributed by atoms with van der Waals surface area (Å²) in [6.45, 7) is 5.69. The van der Waals surface area contributed by atoms with E-state index in [9.17, 15) is 9.59 Å². The van der Waals surface area contributed by atoms with Gasteiger partial charge < -0.3 is 10.4 Å². The molecule has 0 atom stereocenters. The van der Waals surface area contributed by atoms with Crippen LogP contribution in [-0.4, -0.2) is 22.5 Å². The van der Waals surface area contributed by atoms with Gasteiger partial charge in [0.05, 0.1) is 0 Å². The van der Waals surface area contributed by atoms with Gasteiger partial charge in [-0.25, -0.2) is 4.79 Å². The highest BCUT2D eigenvalue weighted by Gasteiger charge is 2.15. The summed E-state index contributed by atoms with van der Waals surface area (Å²) in [5.41, 5.74) is -0.292. The van der Waals surface area contributed by atoms with E-state index in [1.807, 2.05) is 20.8 Å². The molecule has 0 spiro atoms. The molecule has 0 unspecified atom stereocenters. The molecular formula is C9H15NO3. The minimum Gasteiger partial charge on any atom is -0.478 e. The van der Waals surface area contributed by atoms with Crippen molar-refractivity contribution in [3.8, 4) is 0 Å². The number of carbonyl (C=O) groups excluding carboxylic acids is 1. The van der Waals surface area contributed by atoms with E-state index in [0.717, 1.165) is 18.6 Å². The maximum atomic E-state index is 11.1. The van der Waals surface area contributed by atoms with Crippen LogP contribution in [-0.2, 0) is 9.59 Å². The SMILES string of the molecule is CCC(C)(C)NC(=O)/C=C/C(=O)O. The highest BCUT2D eigenvalue weighted by molar-refractivity contribution is 5.94. The lowest BCUT2D eigenvalue weighted by atomic mass is 10.0. The summed E-state index contributed by atoms with van der Waals surface area (Å²) in [6, 6.07) is 0. The van der Waals surface area contributed by atoms with E-state index in [0.29, 0.717) is 0 Å². The smallest absolute Gasteiger partial charge is 0.328 e. The van der Waals surface area contributed by atoms with Gasteiger partial charge >= 0.3 is 5.97 Å². The van der Waals surface area contributed by atoms with E-state index in [2.05, 4.69) is 5.32 Å². The second kappa shape index (κ2) is 4.64. The number of hydrogen-bond acceptors (Lipinski definition) is 2. The summed E-state index contributed by atoms with van der Waals surface area (Å²) in [7, 11) is 0. The summed E-state index contributed by atoms with van der Waals surface area (Å²) in [5.74, 6) is -1.50. The first kappa shape index (κ1) is 11.7. The lowest BCUT2D eigenvalue weighted by Crippen LogP contribution is -2.41. The molecule has 4 heteroatoms. The molecule has 2 N–H and O–H groups in total. The zero-order valence-electron chi connectivity index (χ0n) is 8.13. The molecule has 4 nitrogen and oxygen atoms in total. The van der Waals surface area contributed by atoms with Crippen LogP contribution in [0, 0.1) is 0 Å². The number of carboxylic acids is 1. The Kier molecular flexibility index (Phi) is 4.17. The molecule has 0 saturated carbocycles. The first-order valence-corrected chi connectivity index (χ1v) is 4.10. The number of aliphatic carboxylic acids is 1. The first-order chi connectivity index (χ1) is 5.87. The first-order valence-electron chi connectivity index (χ1n) is 4.10. The van der Waals surface area contributed by atoms with Gasteiger partial charge in [-0.05, 0) is 20.3 Å². The molecule has 0 rings (SSSR count). The Labute approximate surface area is 77.6 Å². The molecule has 13 heavy (non-hydrogen) atoms. The Morgan fingerprint density at radius 3 is 2.31 bits per heavy atom. The maximum Gasteiger partial charge on any atom is 0.328 e. The van der Waals surface area contributed by atoms with Crippen molar-refractivity contribution < 1.29 is 14.7 Å². The van der Waals surface area contributed by atoms with Crippen LogP contribution in [0.15, 0.2) is 12.2 Å². The lowest BCUT2D eigenvalue weighted by Gasteiger charge is -2.23. The van der Waals surface area contributed by atoms with Crippen molar-refractivity contribution in [1.29, 1.82) is 0 Å². The Balaban J connectivity index is 4.09. The van der Waals surface area contributed by atoms with E-state index in [1.54, 1.807) is 0 Å². The van der Waals surface area contributed by atoms with Crippen molar-refractivity contribution in [2.45, 2.75) is 32.7 Å². The fourth-order valence-corrected chi connectivity index (χ4v) is 0.611. The van der Waals surface area contributed by atoms with E-state index < -0.39 is 5.97 Å². The molecule has 0 heterocycles. The number of rotatable bonds is 4. The summed E-state index contributed by atoms with van der Waals surface area (Å²) in [6.07, 6.45) is 2.63. The molecule has 0 aliphatic heterocycles. The van der Waals surface area contributed by atoms with Crippen LogP contribution in [0.25, 0.3) is 0 Å². The second-order valence-electron chi connectivity index (χ2n) is 3.40. The zero-order valence-corrected chi connectivity index (χ0v) is 8.13. The molecule has 0 aromatic heterocycles.